The third-order valence-corrected chi connectivity index (χ3v) is 2.53. The Morgan fingerprint density at radius 3 is 2.70 bits per heavy atom. The van der Waals surface area contributed by atoms with Crippen LogP contribution in [0.25, 0.3) is 0 Å². The molecular weight excluding hydrogens is 282 g/mol. The summed E-state index contributed by atoms with van der Waals surface area (Å²) < 4.78 is 0. The fourth-order valence-electron chi connectivity index (χ4n) is 1.58. The molecule has 0 saturated heterocycles. The van der Waals surface area contributed by atoms with Crippen molar-refractivity contribution in [3.8, 4) is 0 Å². The van der Waals surface area contributed by atoms with Gasteiger partial charge in [-0.05, 0) is 6.07 Å². The summed E-state index contributed by atoms with van der Waals surface area (Å²) in [6, 6.07) is 11.2. The number of carbonyl (C=O) groups is 1. The molecule has 0 atom stereocenters. The predicted molar refractivity (Wildman–Crippen MR) is 67.3 cm³/mol. The fourth-order valence-corrected chi connectivity index (χ4v) is 1.58. The van der Waals surface area contributed by atoms with Crippen LogP contribution >= 0.6 is 0 Å². The number of rotatable bonds is 4. The molecule has 0 bridgehead atoms. The van der Waals surface area contributed by atoms with Gasteiger partial charge in [0.2, 0.25) is 0 Å². The molecule has 1 aromatic carbocycles. The Morgan fingerprint density at radius 2 is 2.05 bits per heavy atom. The number of nitro benzene ring substituents is 1. The van der Waals surface area contributed by atoms with Crippen LogP contribution in [-0.2, 0) is 6.54 Å². The van der Waals surface area contributed by atoms with Crippen molar-refractivity contribution in [1.29, 1.82) is 0 Å². The number of nitro groups is 1. The molecule has 0 fully saturated rings. The van der Waals surface area contributed by atoms with E-state index in [4.69, 9.17) is 0 Å². The summed E-state index contributed by atoms with van der Waals surface area (Å²) in [5, 5.41) is 13.3. The van der Waals surface area contributed by atoms with E-state index in [0.29, 0.717) is 6.54 Å². The third kappa shape index (κ3) is 4.03. The maximum atomic E-state index is 11.8. The molecule has 0 unspecified atom stereocenters. The Balaban J connectivity index is 0.00000200. The average Bonchev–Trinajstić information content (AvgIpc) is 2.46. The molecule has 20 heavy (non-hydrogen) atoms. The first-order chi connectivity index (χ1) is 9.16. The highest BCUT2D eigenvalue weighted by Crippen LogP contribution is 2.12. The minimum Gasteiger partial charge on any atom is -1.00 e. The van der Waals surface area contributed by atoms with Crippen molar-refractivity contribution >= 4 is 11.6 Å². The van der Waals surface area contributed by atoms with E-state index in [-0.39, 0.29) is 29.6 Å². The van der Waals surface area contributed by atoms with Gasteiger partial charge in [-0.2, -0.15) is 0 Å². The van der Waals surface area contributed by atoms with E-state index in [9.17, 15) is 14.9 Å². The number of aromatic nitrogens is 1. The summed E-state index contributed by atoms with van der Waals surface area (Å²) in [6.45, 7) is 0.336. The lowest BCUT2D eigenvalue weighted by atomic mass is 10.2. The number of hydrogen-bond donors (Lipinski definition) is 1. The summed E-state index contributed by atoms with van der Waals surface area (Å²) in [7, 11) is 0. The lowest BCUT2D eigenvalue weighted by molar-refractivity contribution is -0.390. The first-order valence-electron chi connectivity index (χ1n) is 5.65. The first kappa shape index (κ1) is 15.6. The second kappa shape index (κ2) is 7.20. The van der Waals surface area contributed by atoms with Gasteiger partial charge in [0.15, 0.2) is 11.9 Å². The van der Waals surface area contributed by atoms with Crippen LogP contribution in [0.4, 0.5) is 5.69 Å². The molecule has 0 aliphatic heterocycles. The third-order valence-electron chi connectivity index (χ3n) is 2.53. The van der Waals surface area contributed by atoms with E-state index >= 15 is 0 Å². The Labute approximate surface area is 121 Å². The van der Waals surface area contributed by atoms with E-state index in [2.05, 4.69) is 10.3 Å². The van der Waals surface area contributed by atoms with Crippen LogP contribution in [-0.4, -0.2) is 10.8 Å². The summed E-state index contributed by atoms with van der Waals surface area (Å²) in [4.78, 5) is 24.9. The highest BCUT2D eigenvalue weighted by Gasteiger charge is 2.11. The van der Waals surface area contributed by atoms with E-state index in [0.717, 1.165) is 5.69 Å². The number of benzene rings is 1. The quantitative estimate of drug-likeness (QED) is 0.541. The zero-order chi connectivity index (χ0) is 13.7. The molecule has 2 N–H and O–H groups in total. The second-order valence-electron chi connectivity index (χ2n) is 3.88. The average molecular weight is 294 g/mol. The van der Waals surface area contributed by atoms with Gasteiger partial charge in [0, 0.05) is 29.8 Å². The van der Waals surface area contributed by atoms with Gasteiger partial charge in [-0.25, -0.2) is 4.98 Å². The van der Waals surface area contributed by atoms with Crippen molar-refractivity contribution in [2.24, 2.45) is 0 Å². The van der Waals surface area contributed by atoms with Gasteiger partial charge in [0.25, 0.3) is 11.6 Å². The number of nitrogens with zero attached hydrogens (tertiary/aromatic N) is 1. The molecule has 0 aliphatic carbocycles. The number of H-pyrrole nitrogens is 1. The smallest absolute Gasteiger partial charge is 0.270 e. The topological polar surface area (TPSA) is 86.4 Å². The van der Waals surface area contributed by atoms with Crippen LogP contribution in [0.15, 0.2) is 48.7 Å². The van der Waals surface area contributed by atoms with Crippen molar-refractivity contribution in [2.45, 2.75) is 6.54 Å². The molecular formula is C13H12ClN3O3. The maximum absolute atomic E-state index is 11.8. The zero-order valence-electron chi connectivity index (χ0n) is 10.4. The lowest BCUT2D eigenvalue weighted by Crippen LogP contribution is -3.00. The van der Waals surface area contributed by atoms with Gasteiger partial charge >= 0.3 is 0 Å². The summed E-state index contributed by atoms with van der Waals surface area (Å²) in [6.07, 6.45) is 1.76. The van der Waals surface area contributed by atoms with Crippen molar-refractivity contribution in [3.05, 3.63) is 70.0 Å². The molecule has 7 heteroatoms. The van der Waals surface area contributed by atoms with Gasteiger partial charge in [-0.15, -0.1) is 0 Å². The van der Waals surface area contributed by atoms with E-state index in [1.165, 1.54) is 24.3 Å². The molecule has 1 heterocycles. The fraction of sp³-hybridized carbons (Fsp3) is 0.0769. The molecule has 104 valence electrons. The molecule has 2 aromatic rings. The standard InChI is InChI=1S/C13H11N3O3.ClH/c17-13(15-9-11-5-1-2-7-14-11)10-4-3-6-12(8-10)16(18)19;/h1-8H,9H2,(H,15,17);1H. The molecule has 6 nitrogen and oxygen atoms in total. The minimum absolute atomic E-state index is 0. The number of halogens is 1. The Morgan fingerprint density at radius 1 is 1.25 bits per heavy atom. The van der Waals surface area contributed by atoms with Crippen LogP contribution < -0.4 is 22.7 Å². The van der Waals surface area contributed by atoms with Gasteiger partial charge < -0.3 is 17.7 Å². The number of pyridine rings is 1. The molecule has 0 aliphatic rings. The summed E-state index contributed by atoms with van der Waals surface area (Å²) in [5.74, 6) is -0.346. The molecule has 2 rings (SSSR count). The largest absolute Gasteiger partial charge is 1.00 e. The molecule has 0 spiro atoms. The number of amides is 1. The molecule has 1 aromatic heterocycles. The monoisotopic (exact) mass is 293 g/mol. The van der Waals surface area contributed by atoms with Gasteiger partial charge in [0.1, 0.15) is 6.54 Å². The highest BCUT2D eigenvalue weighted by atomic mass is 35.5. The van der Waals surface area contributed by atoms with E-state index in [1.807, 2.05) is 18.2 Å². The van der Waals surface area contributed by atoms with Crippen molar-refractivity contribution in [1.82, 2.24) is 5.32 Å². The number of carbonyl (C=O) groups excluding carboxylic acids is 1. The van der Waals surface area contributed by atoms with Crippen molar-refractivity contribution in [2.75, 3.05) is 0 Å². The van der Waals surface area contributed by atoms with Crippen LogP contribution in [0, 0.1) is 10.1 Å². The number of non-ortho nitro benzene ring substituents is 1. The SMILES string of the molecule is O=C(NCc1cccc[nH+]1)c1cccc([N+](=O)[O-])c1.[Cl-]. The van der Waals surface area contributed by atoms with Crippen LogP contribution in [0.3, 0.4) is 0 Å². The van der Waals surface area contributed by atoms with Crippen molar-refractivity contribution < 1.29 is 27.1 Å². The number of nitrogens with one attached hydrogen (secondary N) is 2. The Hall–Kier alpha value is -2.47. The molecule has 1 amide bonds. The summed E-state index contributed by atoms with van der Waals surface area (Å²) in [5.41, 5.74) is 1.02. The number of hydrogen-bond acceptors (Lipinski definition) is 3. The van der Waals surface area contributed by atoms with E-state index in [1.54, 1.807) is 6.20 Å². The lowest BCUT2D eigenvalue weighted by Gasteiger charge is -2.02. The van der Waals surface area contributed by atoms with Crippen molar-refractivity contribution in [3.63, 3.8) is 0 Å². The van der Waals surface area contributed by atoms with E-state index < -0.39 is 4.92 Å². The van der Waals surface area contributed by atoms with Gasteiger partial charge in [0.05, 0.1) is 4.92 Å². The van der Waals surface area contributed by atoms with Gasteiger partial charge in [-0.1, -0.05) is 12.1 Å². The van der Waals surface area contributed by atoms with Crippen LogP contribution in [0.1, 0.15) is 16.1 Å². The number of aromatic amines is 1. The Bertz CT molecular complexity index is 605. The normalized spacial score (nSPS) is 9.40. The Kier molecular flexibility index (Phi) is 5.61. The summed E-state index contributed by atoms with van der Waals surface area (Å²) >= 11 is 0. The molecule has 0 radical (unpaired) electrons. The predicted octanol–water partition coefficient (Wildman–Crippen LogP) is -1.66. The zero-order valence-corrected chi connectivity index (χ0v) is 11.1. The van der Waals surface area contributed by atoms with Gasteiger partial charge in [-0.3, -0.25) is 14.9 Å². The minimum atomic E-state index is -0.526. The molecule has 0 saturated carbocycles. The van der Waals surface area contributed by atoms with Crippen LogP contribution in [0.2, 0.25) is 0 Å². The van der Waals surface area contributed by atoms with Crippen LogP contribution in [0.5, 0.6) is 0 Å². The maximum Gasteiger partial charge on any atom is 0.270 e. The highest BCUT2D eigenvalue weighted by molar-refractivity contribution is 5.94. The second-order valence-corrected chi connectivity index (χ2v) is 3.88. The first-order valence-corrected chi connectivity index (χ1v) is 5.65.